The molecule has 4 aromatic rings. The van der Waals surface area contributed by atoms with Gasteiger partial charge in [-0.15, -0.1) is 0 Å². The largest absolute Gasteiger partial charge is 0.326 e. The molecule has 0 bridgehead atoms. The minimum absolute atomic E-state index is 0.0326. The summed E-state index contributed by atoms with van der Waals surface area (Å²) in [5, 5.41) is 5.64. The maximum Gasteiger partial charge on any atom is 0.323 e. The van der Waals surface area contributed by atoms with Crippen molar-refractivity contribution in [1.29, 1.82) is 0 Å². The minimum Gasteiger partial charge on any atom is -0.326 e. The number of nitrogens with zero attached hydrogens (tertiary/aromatic N) is 3. The molecule has 10 heteroatoms. The minimum atomic E-state index is -0.304. The van der Waals surface area contributed by atoms with E-state index in [1.54, 1.807) is 18.2 Å². The molecule has 3 heterocycles. The summed E-state index contributed by atoms with van der Waals surface area (Å²) in [7, 11) is 0. The first-order valence-corrected chi connectivity index (χ1v) is 9.08. The Morgan fingerprint density at radius 1 is 1.11 bits per heavy atom. The van der Waals surface area contributed by atoms with Crippen LogP contribution < -0.4 is 16.6 Å². The summed E-state index contributed by atoms with van der Waals surface area (Å²) in [6, 6.07) is 5.07. The smallest absolute Gasteiger partial charge is 0.323 e. The number of aromatic amines is 3. The van der Waals surface area contributed by atoms with Crippen LogP contribution in [0.25, 0.3) is 16.8 Å². The van der Waals surface area contributed by atoms with Crippen molar-refractivity contribution in [2.45, 2.75) is 32.1 Å². The number of carbonyl (C=O) groups excluding carboxylic acids is 1. The molecule has 1 aromatic carbocycles. The van der Waals surface area contributed by atoms with Gasteiger partial charge in [0.15, 0.2) is 0 Å². The summed E-state index contributed by atoms with van der Waals surface area (Å²) in [5.41, 5.74) is 2.92. The molecule has 142 valence electrons. The maximum absolute atomic E-state index is 12.6. The summed E-state index contributed by atoms with van der Waals surface area (Å²) in [5.74, 6) is 0.356. The van der Waals surface area contributed by atoms with E-state index in [0.29, 0.717) is 28.3 Å². The third-order valence-corrected chi connectivity index (χ3v) is 4.94. The average molecular weight is 379 g/mol. The SMILES string of the molecule is O=C(Cc1nc2nc3c(c(=O)n2[nH]1)CCCC3)Nc1ccc2[nH]c(=O)[nH]c2c1. The Labute approximate surface area is 157 Å². The monoisotopic (exact) mass is 379 g/mol. The van der Waals surface area contributed by atoms with Crippen molar-refractivity contribution in [3.8, 4) is 0 Å². The molecule has 0 aliphatic heterocycles. The van der Waals surface area contributed by atoms with Gasteiger partial charge in [0.25, 0.3) is 11.3 Å². The molecular weight excluding hydrogens is 362 g/mol. The average Bonchev–Trinajstić information content (AvgIpc) is 3.23. The van der Waals surface area contributed by atoms with Crippen LogP contribution >= 0.6 is 0 Å². The molecule has 3 aromatic heterocycles. The highest BCUT2D eigenvalue weighted by Gasteiger charge is 2.19. The fourth-order valence-corrected chi connectivity index (χ4v) is 3.64. The van der Waals surface area contributed by atoms with Crippen LogP contribution in [0.1, 0.15) is 29.9 Å². The van der Waals surface area contributed by atoms with Gasteiger partial charge in [-0.05, 0) is 43.9 Å². The number of hydrogen-bond donors (Lipinski definition) is 4. The van der Waals surface area contributed by atoms with Crippen molar-refractivity contribution in [1.82, 2.24) is 29.5 Å². The zero-order chi connectivity index (χ0) is 19.3. The Kier molecular flexibility index (Phi) is 3.64. The van der Waals surface area contributed by atoms with Crippen LogP contribution in [0, 0.1) is 0 Å². The Bertz CT molecular complexity index is 1340. The van der Waals surface area contributed by atoms with Gasteiger partial charge >= 0.3 is 5.69 Å². The predicted molar refractivity (Wildman–Crippen MR) is 102 cm³/mol. The molecule has 1 aliphatic carbocycles. The lowest BCUT2D eigenvalue weighted by atomic mass is 9.97. The van der Waals surface area contributed by atoms with Crippen molar-refractivity contribution in [3.63, 3.8) is 0 Å². The number of fused-ring (bicyclic) bond motifs is 3. The third kappa shape index (κ3) is 2.79. The van der Waals surface area contributed by atoms with Crippen LogP contribution in [0.2, 0.25) is 0 Å². The predicted octanol–water partition coefficient (Wildman–Crippen LogP) is 0.647. The topological polar surface area (TPSA) is 141 Å². The standard InChI is InChI=1S/C18H17N7O3/c26-15(19-9-5-6-12-13(7-9)22-18(28)21-12)8-14-23-17-20-11-4-2-1-3-10(11)16(27)25(17)24-14/h5-7H,1-4,8H2,(H,19,26)(H,20,23,24)(H2,21,22,28). The Morgan fingerprint density at radius 2 is 1.93 bits per heavy atom. The number of aryl methyl sites for hydroxylation is 1. The van der Waals surface area contributed by atoms with Crippen molar-refractivity contribution in [2.75, 3.05) is 5.32 Å². The van der Waals surface area contributed by atoms with E-state index >= 15 is 0 Å². The molecule has 5 rings (SSSR count). The lowest BCUT2D eigenvalue weighted by Crippen LogP contribution is -2.25. The molecule has 4 N–H and O–H groups in total. The number of aromatic nitrogens is 6. The number of H-pyrrole nitrogens is 3. The third-order valence-electron chi connectivity index (χ3n) is 4.94. The van der Waals surface area contributed by atoms with E-state index in [9.17, 15) is 14.4 Å². The molecule has 0 radical (unpaired) electrons. The number of amides is 1. The van der Waals surface area contributed by atoms with E-state index in [2.05, 4.69) is 30.4 Å². The van der Waals surface area contributed by atoms with E-state index in [4.69, 9.17) is 0 Å². The van der Waals surface area contributed by atoms with Gasteiger partial charge in [-0.3, -0.25) is 14.7 Å². The summed E-state index contributed by atoms with van der Waals surface area (Å²) < 4.78 is 1.31. The Balaban J connectivity index is 1.39. The normalized spacial score (nSPS) is 13.7. The zero-order valence-electron chi connectivity index (χ0n) is 14.8. The van der Waals surface area contributed by atoms with Crippen LogP contribution in [-0.4, -0.2) is 35.5 Å². The summed E-state index contributed by atoms with van der Waals surface area (Å²) >= 11 is 0. The number of carbonyl (C=O) groups is 1. The van der Waals surface area contributed by atoms with E-state index in [1.807, 2.05) is 0 Å². The molecule has 0 saturated carbocycles. The molecule has 1 aliphatic rings. The molecule has 28 heavy (non-hydrogen) atoms. The van der Waals surface area contributed by atoms with E-state index < -0.39 is 0 Å². The van der Waals surface area contributed by atoms with Crippen LogP contribution in [0.3, 0.4) is 0 Å². The van der Waals surface area contributed by atoms with E-state index in [-0.39, 0.29) is 23.6 Å². The molecule has 0 unspecified atom stereocenters. The van der Waals surface area contributed by atoms with Gasteiger partial charge in [0.1, 0.15) is 5.82 Å². The summed E-state index contributed by atoms with van der Waals surface area (Å²) in [6.45, 7) is 0. The van der Waals surface area contributed by atoms with Gasteiger partial charge in [0.05, 0.1) is 23.1 Å². The first-order valence-electron chi connectivity index (χ1n) is 9.08. The maximum atomic E-state index is 12.6. The summed E-state index contributed by atoms with van der Waals surface area (Å²) in [6.07, 6.45) is 3.48. The first-order chi connectivity index (χ1) is 13.6. The van der Waals surface area contributed by atoms with Crippen molar-refractivity contribution in [2.24, 2.45) is 0 Å². The molecular formula is C18H17N7O3. The highest BCUT2D eigenvalue weighted by Crippen LogP contribution is 2.17. The molecule has 0 atom stereocenters. The number of rotatable bonds is 3. The zero-order valence-corrected chi connectivity index (χ0v) is 14.8. The number of anilines is 1. The highest BCUT2D eigenvalue weighted by atomic mass is 16.2. The fourth-order valence-electron chi connectivity index (χ4n) is 3.64. The quantitative estimate of drug-likeness (QED) is 0.414. The molecule has 0 saturated heterocycles. The lowest BCUT2D eigenvalue weighted by molar-refractivity contribution is -0.115. The highest BCUT2D eigenvalue weighted by molar-refractivity contribution is 5.93. The number of nitrogens with one attached hydrogen (secondary N) is 4. The number of benzene rings is 1. The lowest BCUT2D eigenvalue weighted by Gasteiger charge is -2.12. The number of hydrogen-bond acceptors (Lipinski definition) is 5. The van der Waals surface area contributed by atoms with Gasteiger partial charge < -0.3 is 15.3 Å². The Hall–Kier alpha value is -3.69. The molecule has 0 fully saturated rings. The second-order valence-electron chi connectivity index (χ2n) is 6.92. The summed E-state index contributed by atoms with van der Waals surface area (Å²) in [4.78, 5) is 50.4. The molecule has 1 amide bonds. The number of imidazole rings is 1. The van der Waals surface area contributed by atoms with E-state index in [0.717, 1.165) is 36.9 Å². The van der Waals surface area contributed by atoms with Crippen molar-refractivity contribution >= 4 is 28.4 Å². The molecule has 10 nitrogen and oxygen atoms in total. The fraction of sp³-hybridized carbons (Fsp3) is 0.278. The second kappa shape index (κ2) is 6.19. The van der Waals surface area contributed by atoms with Crippen LogP contribution in [0.4, 0.5) is 5.69 Å². The Morgan fingerprint density at radius 3 is 2.82 bits per heavy atom. The van der Waals surface area contributed by atoms with Crippen LogP contribution in [-0.2, 0) is 24.1 Å². The van der Waals surface area contributed by atoms with Crippen LogP contribution in [0.5, 0.6) is 0 Å². The van der Waals surface area contributed by atoms with Gasteiger partial charge in [0.2, 0.25) is 5.91 Å². The van der Waals surface area contributed by atoms with Crippen LogP contribution in [0.15, 0.2) is 27.8 Å². The van der Waals surface area contributed by atoms with Gasteiger partial charge in [0, 0.05) is 11.3 Å². The van der Waals surface area contributed by atoms with Crippen molar-refractivity contribution in [3.05, 3.63) is 56.1 Å². The van der Waals surface area contributed by atoms with Gasteiger partial charge in [-0.1, -0.05) is 0 Å². The molecule has 0 spiro atoms. The van der Waals surface area contributed by atoms with E-state index in [1.165, 1.54) is 4.52 Å². The van der Waals surface area contributed by atoms with Gasteiger partial charge in [-0.2, -0.15) is 9.50 Å². The van der Waals surface area contributed by atoms with Gasteiger partial charge in [-0.25, -0.2) is 9.78 Å². The van der Waals surface area contributed by atoms with Crippen molar-refractivity contribution < 1.29 is 4.79 Å². The first kappa shape index (κ1) is 16.5. The second-order valence-corrected chi connectivity index (χ2v) is 6.92.